The minimum atomic E-state index is -0.441. The Morgan fingerprint density at radius 1 is 1.24 bits per heavy atom. The zero-order chi connectivity index (χ0) is 26.9. The molecule has 1 saturated heterocycles. The number of piperazine rings is 1. The molecule has 0 aliphatic carbocycles. The fourth-order valence-electron chi connectivity index (χ4n) is 5.47. The third kappa shape index (κ3) is 4.83. The van der Waals surface area contributed by atoms with E-state index in [0.29, 0.717) is 29.7 Å². The lowest BCUT2D eigenvalue weighted by molar-refractivity contribution is 0.0927. The number of nitrogens with one attached hydrogen (secondary N) is 1. The Balaban J connectivity index is 1.74. The van der Waals surface area contributed by atoms with Crippen molar-refractivity contribution in [3.05, 3.63) is 57.8 Å². The average molecular weight is 508 g/mol. The molecule has 1 aliphatic heterocycles. The number of amides is 1. The van der Waals surface area contributed by atoms with Crippen LogP contribution in [-0.4, -0.2) is 57.4 Å². The van der Waals surface area contributed by atoms with Crippen LogP contribution in [0.2, 0.25) is 0 Å². The molecule has 0 spiro atoms. The van der Waals surface area contributed by atoms with Crippen LogP contribution in [0.4, 0.5) is 10.1 Å². The summed E-state index contributed by atoms with van der Waals surface area (Å²) in [5.41, 5.74) is 3.18. The molecule has 3 aromatic rings. The fraction of sp³-hybridized carbons (Fsp3) is 0.481. The number of fused-ring (bicyclic) bond motifs is 1. The van der Waals surface area contributed by atoms with E-state index in [1.807, 2.05) is 0 Å². The molecule has 4 rings (SSSR count). The molecule has 0 bridgehead atoms. The quantitative estimate of drug-likeness (QED) is 0.527. The number of nitriles is 1. The van der Waals surface area contributed by atoms with Crippen LogP contribution in [0.15, 0.2) is 35.3 Å². The summed E-state index contributed by atoms with van der Waals surface area (Å²) in [7, 11) is 3.26. The smallest absolute Gasteiger partial charge is 0.252 e. The summed E-state index contributed by atoms with van der Waals surface area (Å²) in [6.07, 6.45) is 3.43. The number of nitrogens with zero attached hydrogens (tertiary/aromatic N) is 6. The minimum Gasteiger partial charge on any atom is -0.364 e. The second kappa shape index (κ2) is 10.7. The molecule has 1 N–H and O–H groups in total. The number of benzene rings is 1. The molecule has 1 amide bonds. The van der Waals surface area contributed by atoms with Crippen LogP contribution in [0.5, 0.6) is 0 Å². The number of aromatic nitrogens is 3. The van der Waals surface area contributed by atoms with E-state index < -0.39 is 5.82 Å². The van der Waals surface area contributed by atoms with Crippen molar-refractivity contribution < 1.29 is 9.18 Å². The number of rotatable bonds is 7. The molecule has 3 heterocycles. The lowest BCUT2D eigenvalue weighted by Gasteiger charge is -2.49. The highest BCUT2D eigenvalue weighted by molar-refractivity contribution is 5.95. The second-order valence-electron chi connectivity index (χ2n) is 9.61. The summed E-state index contributed by atoms with van der Waals surface area (Å²) in [6, 6.07) is 8.26. The van der Waals surface area contributed by atoms with Gasteiger partial charge in [0, 0.05) is 56.9 Å². The Morgan fingerprint density at radius 2 is 1.97 bits per heavy atom. The molecule has 37 heavy (non-hydrogen) atoms. The van der Waals surface area contributed by atoms with Crippen LogP contribution >= 0.6 is 0 Å². The van der Waals surface area contributed by atoms with Gasteiger partial charge >= 0.3 is 0 Å². The largest absolute Gasteiger partial charge is 0.364 e. The van der Waals surface area contributed by atoms with Gasteiger partial charge in [0.1, 0.15) is 17.9 Å². The number of halogens is 1. The number of hydrogen-bond donors (Lipinski definition) is 1. The Morgan fingerprint density at radius 3 is 2.62 bits per heavy atom. The van der Waals surface area contributed by atoms with E-state index in [9.17, 15) is 14.0 Å². The average Bonchev–Trinajstić information content (AvgIpc) is 3.33. The van der Waals surface area contributed by atoms with Crippen molar-refractivity contribution in [1.82, 2.24) is 24.6 Å². The number of carbonyl (C=O) groups is 1. The van der Waals surface area contributed by atoms with E-state index in [1.54, 1.807) is 41.7 Å². The minimum absolute atomic E-state index is 0.0885. The Hall–Kier alpha value is -3.71. The predicted molar refractivity (Wildman–Crippen MR) is 141 cm³/mol. The zero-order valence-corrected chi connectivity index (χ0v) is 22.0. The zero-order valence-electron chi connectivity index (χ0n) is 22.0. The first kappa shape index (κ1) is 26.4. The van der Waals surface area contributed by atoms with Crippen LogP contribution in [0, 0.1) is 17.1 Å². The van der Waals surface area contributed by atoms with Crippen molar-refractivity contribution in [2.75, 3.05) is 25.0 Å². The van der Waals surface area contributed by atoms with Gasteiger partial charge in [-0.1, -0.05) is 19.9 Å². The van der Waals surface area contributed by atoms with Gasteiger partial charge in [0.05, 0.1) is 23.5 Å². The summed E-state index contributed by atoms with van der Waals surface area (Å²) in [5.74, 6) is -0.751. The van der Waals surface area contributed by atoms with Gasteiger partial charge in [-0.3, -0.25) is 19.2 Å². The molecule has 1 aromatic carbocycles. The molecule has 196 valence electrons. The van der Waals surface area contributed by atoms with Crippen LogP contribution in [0.1, 0.15) is 55.6 Å². The lowest BCUT2D eigenvalue weighted by Crippen LogP contribution is -2.59. The van der Waals surface area contributed by atoms with Gasteiger partial charge in [-0.05, 0) is 37.5 Å². The van der Waals surface area contributed by atoms with Gasteiger partial charge in [0.2, 0.25) is 0 Å². The molecule has 0 radical (unpaired) electrons. The summed E-state index contributed by atoms with van der Waals surface area (Å²) in [6.45, 7) is 7.78. The van der Waals surface area contributed by atoms with E-state index in [1.165, 1.54) is 12.1 Å². The number of anilines is 1. The van der Waals surface area contributed by atoms with E-state index in [2.05, 4.69) is 47.1 Å². The monoisotopic (exact) mass is 507 g/mol. The van der Waals surface area contributed by atoms with Crippen molar-refractivity contribution in [3.63, 3.8) is 0 Å². The maximum atomic E-state index is 14.0. The number of aryl methyl sites for hydroxylation is 1. The molecule has 9 nitrogen and oxygen atoms in total. The van der Waals surface area contributed by atoms with Gasteiger partial charge in [-0.25, -0.2) is 4.39 Å². The number of pyridine rings is 1. The van der Waals surface area contributed by atoms with E-state index in [-0.39, 0.29) is 36.1 Å². The first-order chi connectivity index (χ1) is 17.7. The maximum absolute atomic E-state index is 14.0. The van der Waals surface area contributed by atoms with Crippen molar-refractivity contribution in [2.24, 2.45) is 7.05 Å². The molecule has 1 unspecified atom stereocenters. The van der Waals surface area contributed by atoms with Gasteiger partial charge in [0.15, 0.2) is 0 Å². The maximum Gasteiger partial charge on any atom is 0.252 e. The topological polar surface area (TPSA) is 99.2 Å². The lowest BCUT2D eigenvalue weighted by atomic mass is 9.94. The molecule has 1 fully saturated rings. The molecular weight excluding hydrogens is 473 g/mol. The molecule has 0 saturated carbocycles. The van der Waals surface area contributed by atoms with Gasteiger partial charge in [-0.15, -0.1) is 0 Å². The summed E-state index contributed by atoms with van der Waals surface area (Å²) >= 11 is 0. The first-order valence-electron chi connectivity index (χ1n) is 12.7. The van der Waals surface area contributed by atoms with Crippen molar-refractivity contribution >= 4 is 22.6 Å². The van der Waals surface area contributed by atoms with Gasteiger partial charge in [-0.2, -0.15) is 10.4 Å². The molecule has 2 aromatic heterocycles. The van der Waals surface area contributed by atoms with Gasteiger partial charge < -0.3 is 14.8 Å². The van der Waals surface area contributed by atoms with Crippen LogP contribution in [-0.2, 0) is 13.6 Å². The highest BCUT2D eigenvalue weighted by atomic mass is 19.1. The van der Waals surface area contributed by atoms with Crippen LogP contribution in [0.3, 0.4) is 0 Å². The summed E-state index contributed by atoms with van der Waals surface area (Å²) in [4.78, 5) is 30.1. The Bertz CT molecular complexity index is 1410. The Kier molecular flexibility index (Phi) is 7.64. The first-order valence-corrected chi connectivity index (χ1v) is 12.7. The molecule has 1 aliphatic rings. The third-order valence-corrected chi connectivity index (χ3v) is 7.60. The highest BCUT2D eigenvalue weighted by Gasteiger charge is 2.37. The van der Waals surface area contributed by atoms with E-state index in [4.69, 9.17) is 5.26 Å². The van der Waals surface area contributed by atoms with Crippen LogP contribution < -0.4 is 15.8 Å². The SMILES string of the molecule is CC[C@H]1CN(C(C)c2ccc(F)cc2C(=O)NC)[C@H](CC)CN1c1cc(=O)n(C)c2cn(CC#N)nc12. The van der Waals surface area contributed by atoms with Crippen molar-refractivity contribution in [2.45, 2.75) is 58.3 Å². The summed E-state index contributed by atoms with van der Waals surface area (Å²) < 4.78 is 17.2. The number of hydrogen-bond acceptors (Lipinski definition) is 6. The van der Waals surface area contributed by atoms with Crippen LogP contribution in [0.25, 0.3) is 11.0 Å². The van der Waals surface area contributed by atoms with Crippen molar-refractivity contribution in [1.29, 1.82) is 5.26 Å². The number of carbonyl (C=O) groups excluding carboxylic acids is 1. The summed E-state index contributed by atoms with van der Waals surface area (Å²) in [5, 5.41) is 16.4. The molecular formula is C27H34FN7O2. The Labute approximate surface area is 216 Å². The van der Waals surface area contributed by atoms with E-state index >= 15 is 0 Å². The normalized spacial score (nSPS) is 19.1. The van der Waals surface area contributed by atoms with Crippen molar-refractivity contribution in [3.8, 4) is 6.07 Å². The predicted octanol–water partition coefficient (Wildman–Crippen LogP) is 3.20. The molecule has 3 atom stereocenters. The van der Waals surface area contributed by atoms with Gasteiger partial charge in [0.25, 0.3) is 11.5 Å². The third-order valence-electron chi connectivity index (χ3n) is 7.60. The standard InChI is InChI=1S/C27H34FN7O2/c1-6-19-15-35(23-13-25(36)32(5)24-16-33(11-10-29)31-26(23)24)20(7-2)14-34(19)17(3)21-9-8-18(28)12-22(21)27(37)30-4/h8-9,12-13,16-17,19-20H,6-7,11,14-15H2,1-5H3,(H,30,37)/t17?,19-,20+/m1/s1. The van der Waals surface area contributed by atoms with E-state index in [0.717, 1.165) is 24.1 Å². The fourth-order valence-corrected chi connectivity index (χ4v) is 5.47. The molecule has 10 heteroatoms. The highest BCUT2D eigenvalue weighted by Crippen LogP contribution is 2.35. The second-order valence-corrected chi connectivity index (χ2v) is 9.61.